The van der Waals surface area contributed by atoms with Gasteiger partial charge in [-0.2, -0.15) is 4.52 Å². The van der Waals surface area contributed by atoms with Crippen LogP contribution in [-0.2, 0) is 0 Å². The Morgan fingerprint density at radius 2 is 2.11 bits per heavy atom. The highest BCUT2D eigenvalue weighted by molar-refractivity contribution is 7.18. The number of hydrogen-bond donors (Lipinski definition) is 1. The fourth-order valence-electron chi connectivity index (χ4n) is 1.71. The molecule has 0 unspecified atom stereocenters. The first-order valence-corrected chi connectivity index (χ1v) is 6.80. The number of carbonyl (C=O) groups excluding carboxylic acids is 1. The lowest BCUT2D eigenvalue weighted by Gasteiger charge is -2.19. The summed E-state index contributed by atoms with van der Waals surface area (Å²) in [5.41, 5.74) is -0.261. The van der Waals surface area contributed by atoms with Gasteiger partial charge in [-0.1, -0.05) is 11.3 Å². The van der Waals surface area contributed by atoms with Crippen molar-refractivity contribution in [3.05, 3.63) is 10.8 Å². The molecule has 96 valence electrons. The average molecular weight is 265 g/mol. The summed E-state index contributed by atoms with van der Waals surface area (Å²) >= 11 is 1.28. The molecule has 6 nitrogen and oxygen atoms in total. The largest absolute Gasteiger partial charge is 0.345 e. The summed E-state index contributed by atoms with van der Waals surface area (Å²) < 4.78 is 1.71. The molecule has 1 amide bonds. The molecule has 3 rings (SSSR count). The van der Waals surface area contributed by atoms with Crippen LogP contribution >= 0.6 is 11.3 Å². The van der Waals surface area contributed by atoms with E-state index in [-0.39, 0.29) is 11.4 Å². The molecule has 18 heavy (non-hydrogen) atoms. The second kappa shape index (κ2) is 3.74. The van der Waals surface area contributed by atoms with Crippen molar-refractivity contribution in [2.24, 2.45) is 0 Å². The van der Waals surface area contributed by atoms with Crippen molar-refractivity contribution < 1.29 is 4.79 Å². The molecule has 0 aliphatic heterocycles. The first kappa shape index (κ1) is 11.6. The Morgan fingerprint density at radius 3 is 2.72 bits per heavy atom. The van der Waals surface area contributed by atoms with Crippen molar-refractivity contribution in [2.45, 2.75) is 45.1 Å². The van der Waals surface area contributed by atoms with Crippen molar-refractivity contribution in [1.82, 2.24) is 25.1 Å². The van der Waals surface area contributed by atoms with Gasteiger partial charge in [-0.25, -0.2) is 0 Å². The Kier molecular flexibility index (Phi) is 2.41. The summed E-state index contributed by atoms with van der Waals surface area (Å²) in [4.78, 5) is 12.7. The highest BCUT2D eigenvalue weighted by atomic mass is 32.1. The number of aromatic nitrogens is 4. The molecule has 0 spiro atoms. The van der Waals surface area contributed by atoms with Gasteiger partial charge in [0.15, 0.2) is 5.82 Å². The van der Waals surface area contributed by atoms with E-state index in [2.05, 4.69) is 20.6 Å². The van der Waals surface area contributed by atoms with Crippen LogP contribution in [0.4, 0.5) is 0 Å². The van der Waals surface area contributed by atoms with Crippen molar-refractivity contribution in [2.75, 3.05) is 0 Å². The summed E-state index contributed by atoms with van der Waals surface area (Å²) in [7, 11) is 0. The highest BCUT2D eigenvalue weighted by Crippen LogP contribution is 2.39. The quantitative estimate of drug-likeness (QED) is 0.895. The van der Waals surface area contributed by atoms with E-state index in [4.69, 9.17) is 0 Å². The summed E-state index contributed by atoms with van der Waals surface area (Å²) in [6, 6.07) is 0. The average Bonchev–Trinajstić information content (AvgIpc) is 2.87. The van der Waals surface area contributed by atoms with Crippen LogP contribution in [0.15, 0.2) is 0 Å². The van der Waals surface area contributed by atoms with E-state index in [9.17, 15) is 4.79 Å². The molecule has 0 aromatic carbocycles. The van der Waals surface area contributed by atoms with E-state index in [1.54, 1.807) is 4.52 Å². The fourth-order valence-corrected chi connectivity index (χ4v) is 2.46. The molecule has 1 fully saturated rings. The smallest absolute Gasteiger partial charge is 0.282 e. The molecular formula is C11H15N5OS. The fraction of sp³-hybridized carbons (Fsp3) is 0.636. The molecule has 2 heterocycles. The standard InChI is InChI=1S/C11H15N5OS/c1-11(2,3)12-8(17)9-15-16-7(6-4-5-6)13-14-10(16)18-9/h6H,4-5H2,1-3H3,(H,12,17). The van der Waals surface area contributed by atoms with Crippen LogP contribution in [0.1, 0.15) is 55.2 Å². The van der Waals surface area contributed by atoms with Crippen LogP contribution in [0.3, 0.4) is 0 Å². The molecule has 2 aromatic rings. The maximum absolute atomic E-state index is 12.0. The number of nitrogens with zero attached hydrogens (tertiary/aromatic N) is 4. The lowest BCUT2D eigenvalue weighted by atomic mass is 10.1. The normalized spacial score (nSPS) is 16.2. The minimum atomic E-state index is -0.261. The first-order chi connectivity index (χ1) is 8.44. The van der Waals surface area contributed by atoms with E-state index >= 15 is 0 Å². The minimum absolute atomic E-state index is 0.153. The van der Waals surface area contributed by atoms with E-state index < -0.39 is 0 Å². The van der Waals surface area contributed by atoms with E-state index in [1.165, 1.54) is 11.3 Å². The third-order valence-electron chi connectivity index (χ3n) is 2.64. The summed E-state index contributed by atoms with van der Waals surface area (Å²) in [5.74, 6) is 1.21. The Balaban J connectivity index is 1.91. The van der Waals surface area contributed by atoms with Crippen LogP contribution in [0, 0.1) is 0 Å². The van der Waals surface area contributed by atoms with Crippen LogP contribution < -0.4 is 5.32 Å². The predicted molar refractivity (Wildman–Crippen MR) is 67.9 cm³/mol. The van der Waals surface area contributed by atoms with Crippen LogP contribution in [-0.4, -0.2) is 31.3 Å². The second-order valence-corrected chi connectivity index (χ2v) is 6.59. The Bertz CT molecular complexity index is 604. The Morgan fingerprint density at radius 1 is 1.39 bits per heavy atom. The van der Waals surface area contributed by atoms with Gasteiger partial charge in [0.25, 0.3) is 5.91 Å². The number of amides is 1. The number of rotatable bonds is 2. The summed E-state index contributed by atoms with van der Waals surface area (Å²) in [5, 5.41) is 15.8. The molecule has 1 N–H and O–H groups in total. The molecular weight excluding hydrogens is 250 g/mol. The lowest BCUT2D eigenvalue weighted by molar-refractivity contribution is 0.0918. The number of fused-ring (bicyclic) bond motifs is 1. The molecule has 1 aliphatic rings. The predicted octanol–water partition coefficient (Wildman–Crippen LogP) is 1.59. The SMILES string of the molecule is CC(C)(C)NC(=O)c1nn2c(C3CC3)nnc2s1. The molecule has 0 saturated heterocycles. The zero-order chi connectivity index (χ0) is 12.9. The molecule has 7 heteroatoms. The van der Waals surface area contributed by atoms with E-state index in [0.717, 1.165) is 18.7 Å². The van der Waals surface area contributed by atoms with Crippen LogP contribution in [0.25, 0.3) is 4.96 Å². The van der Waals surface area contributed by atoms with Crippen molar-refractivity contribution >= 4 is 22.2 Å². The molecule has 0 bridgehead atoms. The molecule has 0 radical (unpaired) electrons. The van der Waals surface area contributed by atoms with Gasteiger partial charge in [-0.05, 0) is 33.6 Å². The third-order valence-corrected chi connectivity index (χ3v) is 3.54. The van der Waals surface area contributed by atoms with Gasteiger partial charge in [0, 0.05) is 11.5 Å². The molecule has 2 aromatic heterocycles. The molecule has 1 saturated carbocycles. The van der Waals surface area contributed by atoms with Crippen molar-refractivity contribution in [3.63, 3.8) is 0 Å². The van der Waals surface area contributed by atoms with Crippen molar-refractivity contribution in [3.8, 4) is 0 Å². The maximum atomic E-state index is 12.0. The van der Waals surface area contributed by atoms with Gasteiger partial charge in [-0.3, -0.25) is 4.79 Å². The Hall–Kier alpha value is -1.50. The van der Waals surface area contributed by atoms with Gasteiger partial charge in [0.1, 0.15) is 0 Å². The number of hydrogen-bond acceptors (Lipinski definition) is 5. The topological polar surface area (TPSA) is 72.2 Å². The lowest BCUT2D eigenvalue weighted by Crippen LogP contribution is -2.40. The first-order valence-electron chi connectivity index (χ1n) is 5.99. The second-order valence-electron chi connectivity index (χ2n) is 5.64. The van der Waals surface area contributed by atoms with Crippen molar-refractivity contribution in [1.29, 1.82) is 0 Å². The third kappa shape index (κ3) is 2.10. The zero-order valence-corrected chi connectivity index (χ0v) is 11.4. The van der Waals surface area contributed by atoms with Crippen LogP contribution in [0.5, 0.6) is 0 Å². The van der Waals surface area contributed by atoms with Gasteiger partial charge < -0.3 is 5.32 Å². The number of carbonyl (C=O) groups is 1. The summed E-state index contributed by atoms with van der Waals surface area (Å²) in [6.45, 7) is 5.84. The molecule has 0 atom stereocenters. The monoisotopic (exact) mass is 265 g/mol. The van der Waals surface area contributed by atoms with Gasteiger partial charge in [0.2, 0.25) is 9.97 Å². The zero-order valence-electron chi connectivity index (χ0n) is 10.6. The highest BCUT2D eigenvalue weighted by Gasteiger charge is 2.30. The number of nitrogens with one attached hydrogen (secondary N) is 1. The van der Waals surface area contributed by atoms with E-state index in [0.29, 0.717) is 15.9 Å². The molecule has 1 aliphatic carbocycles. The van der Waals surface area contributed by atoms with Gasteiger partial charge >= 0.3 is 0 Å². The van der Waals surface area contributed by atoms with Gasteiger partial charge in [-0.15, -0.1) is 15.3 Å². The van der Waals surface area contributed by atoms with E-state index in [1.807, 2.05) is 20.8 Å². The maximum Gasteiger partial charge on any atom is 0.282 e. The van der Waals surface area contributed by atoms with Gasteiger partial charge in [0.05, 0.1) is 0 Å². The summed E-state index contributed by atoms with van der Waals surface area (Å²) in [6.07, 6.45) is 2.28. The Labute approximate surface area is 108 Å². The van der Waals surface area contributed by atoms with Crippen LogP contribution in [0.2, 0.25) is 0 Å². The minimum Gasteiger partial charge on any atom is -0.345 e.